The maximum Gasteiger partial charge on any atom is 0.287 e. The summed E-state index contributed by atoms with van der Waals surface area (Å²) in [6.07, 6.45) is 3.15. The van der Waals surface area contributed by atoms with Crippen LogP contribution in [0.3, 0.4) is 0 Å². The van der Waals surface area contributed by atoms with Crippen molar-refractivity contribution in [2.45, 2.75) is 11.9 Å². The fourth-order valence-electron chi connectivity index (χ4n) is 2.42. The fourth-order valence-corrected chi connectivity index (χ4v) is 3.12. The van der Waals surface area contributed by atoms with Gasteiger partial charge in [0.25, 0.3) is 5.56 Å². The highest BCUT2D eigenvalue weighted by Gasteiger charge is 2.10. The van der Waals surface area contributed by atoms with Gasteiger partial charge in [0.15, 0.2) is 5.03 Å². The van der Waals surface area contributed by atoms with Crippen LogP contribution in [-0.4, -0.2) is 27.8 Å². The summed E-state index contributed by atoms with van der Waals surface area (Å²) in [6, 6.07) is 16.4. The molecule has 1 amide bonds. The summed E-state index contributed by atoms with van der Waals surface area (Å²) in [5.74, 6) is 0.657. The molecule has 0 spiro atoms. The molecule has 0 fully saturated rings. The van der Waals surface area contributed by atoms with Crippen LogP contribution in [0.15, 0.2) is 76.8 Å². The van der Waals surface area contributed by atoms with Crippen LogP contribution >= 0.6 is 11.8 Å². The third-order valence-corrected chi connectivity index (χ3v) is 4.59. The monoisotopic (exact) mass is 381 g/mol. The molecule has 0 radical (unpaired) electrons. The van der Waals surface area contributed by atoms with Crippen LogP contribution in [0.25, 0.3) is 5.69 Å². The molecule has 138 valence electrons. The number of amides is 1. The van der Waals surface area contributed by atoms with Crippen molar-refractivity contribution in [1.29, 1.82) is 0 Å². The molecule has 0 atom stereocenters. The lowest BCUT2D eigenvalue weighted by atomic mass is 10.3. The third-order valence-electron chi connectivity index (χ3n) is 3.63. The van der Waals surface area contributed by atoms with Crippen molar-refractivity contribution in [2.24, 2.45) is 0 Å². The highest BCUT2D eigenvalue weighted by atomic mass is 32.2. The minimum Gasteiger partial charge on any atom is -0.494 e. The average Bonchev–Trinajstić information content (AvgIpc) is 2.69. The number of hydrogen-bond acceptors (Lipinski definition) is 5. The normalized spacial score (nSPS) is 10.4. The predicted molar refractivity (Wildman–Crippen MR) is 107 cm³/mol. The molecule has 2 aromatic carbocycles. The van der Waals surface area contributed by atoms with E-state index in [9.17, 15) is 9.59 Å². The Labute approximate surface area is 161 Å². The second-order valence-electron chi connectivity index (χ2n) is 5.54. The summed E-state index contributed by atoms with van der Waals surface area (Å²) in [4.78, 5) is 28.9. The van der Waals surface area contributed by atoms with E-state index in [4.69, 9.17) is 4.74 Å². The quantitative estimate of drug-likeness (QED) is 0.635. The molecule has 3 aromatic rings. The van der Waals surface area contributed by atoms with Gasteiger partial charge in [0.2, 0.25) is 5.91 Å². The molecular formula is C20H19N3O3S. The minimum absolute atomic E-state index is 0.102. The summed E-state index contributed by atoms with van der Waals surface area (Å²) in [7, 11) is 0. The first-order valence-corrected chi connectivity index (χ1v) is 9.44. The number of rotatable bonds is 7. The highest BCUT2D eigenvalue weighted by Crippen LogP contribution is 2.16. The van der Waals surface area contributed by atoms with E-state index in [1.807, 2.05) is 61.5 Å². The number of para-hydroxylation sites is 1. The van der Waals surface area contributed by atoms with Crippen molar-refractivity contribution < 1.29 is 9.53 Å². The smallest absolute Gasteiger partial charge is 0.287 e. The molecule has 0 bridgehead atoms. The third kappa shape index (κ3) is 4.98. The molecule has 6 nitrogen and oxygen atoms in total. The van der Waals surface area contributed by atoms with Crippen LogP contribution in [-0.2, 0) is 4.79 Å². The van der Waals surface area contributed by atoms with E-state index in [-0.39, 0.29) is 22.2 Å². The number of benzene rings is 2. The zero-order chi connectivity index (χ0) is 19.1. The number of hydrogen-bond donors (Lipinski definition) is 1. The largest absolute Gasteiger partial charge is 0.494 e. The molecule has 0 aliphatic heterocycles. The van der Waals surface area contributed by atoms with Gasteiger partial charge in [-0.3, -0.25) is 14.2 Å². The van der Waals surface area contributed by atoms with Crippen LogP contribution < -0.4 is 15.6 Å². The SMILES string of the molecule is CCOc1ccc(-n2ccnc(SCC(=O)Nc3ccccc3)c2=O)cc1. The fraction of sp³-hybridized carbons (Fsp3) is 0.150. The van der Waals surface area contributed by atoms with E-state index in [0.29, 0.717) is 12.3 Å². The summed E-state index contributed by atoms with van der Waals surface area (Å²) < 4.78 is 6.92. The van der Waals surface area contributed by atoms with Gasteiger partial charge < -0.3 is 10.1 Å². The van der Waals surface area contributed by atoms with Gasteiger partial charge in [-0.15, -0.1) is 0 Å². The second-order valence-corrected chi connectivity index (χ2v) is 6.50. The van der Waals surface area contributed by atoms with Crippen LogP contribution in [0.4, 0.5) is 5.69 Å². The maximum atomic E-state index is 12.7. The highest BCUT2D eigenvalue weighted by molar-refractivity contribution is 7.99. The summed E-state index contributed by atoms with van der Waals surface area (Å²) in [6.45, 7) is 2.50. The summed E-state index contributed by atoms with van der Waals surface area (Å²) in [5, 5.41) is 3.06. The van der Waals surface area contributed by atoms with E-state index in [1.54, 1.807) is 12.4 Å². The number of ether oxygens (including phenoxy) is 1. The zero-order valence-electron chi connectivity index (χ0n) is 14.8. The molecule has 1 heterocycles. The van der Waals surface area contributed by atoms with Gasteiger partial charge in [0.05, 0.1) is 12.4 Å². The number of anilines is 1. The van der Waals surface area contributed by atoms with E-state index >= 15 is 0 Å². The zero-order valence-corrected chi connectivity index (χ0v) is 15.6. The van der Waals surface area contributed by atoms with Crippen LogP contribution in [0.1, 0.15) is 6.92 Å². The molecule has 1 aromatic heterocycles. The molecular weight excluding hydrogens is 362 g/mol. The Morgan fingerprint density at radius 1 is 1.15 bits per heavy atom. The molecule has 0 saturated carbocycles. The minimum atomic E-state index is -0.265. The van der Waals surface area contributed by atoms with Crippen molar-refractivity contribution in [3.8, 4) is 11.4 Å². The molecule has 1 N–H and O–H groups in total. The Morgan fingerprint density at radius 3 is 2.59 bits per heavy atom. The lowest BCUT2D eigenvalue weighted by Gasteiger charge is -2.09. The van der Waals surface area contributed by atoms with Gasteiger partial charge in [0.1, 0.15) is 5.75 Å². The Kier molecular flexibility index (Phi) is 6.27. The molecule has 0 saturated heterocycles. The molecule has 0 aliphatic rings. The summed E-state index contributed by atoms with van der Waals surface area (Å²) >= 11 is 1.11. The van der Waals surface area contributed by atoms with Crippen LogP contribution in [0.2, 0.25) is 0 Å². The van der Waals surface area contributed by atoms with Gasteiger partial charge in [-0.2, -0.15) is 0 Å². The van der Waals surface area contributed by atoms with Crippen molar-refractivity contribution in [2.75, 3.05) is 17.7 Å². The average molecular weight is 381 g/mol. The predicted octanol–water partition coefficient (Wildman–Crippen LogP) is 3.36. The lowest BCUT2D eigenvalue weighted by Crippen LogP contribution is -2.22. The first-order valence-electron chi connectivity index (χ1n) is 8.46. The first kappa shape index (κ1) is 18.7. The standard InChI is InChI=1S/C20H19N3O3S/c1-2-26-17-10-8-16(9-11-17)23-13-12-21-19(20(23)25)27-14-18(24)22-15-6-4-3-5-7-15/h3-13H,2,14H2,1H3,(H,22,24). The Balaban J connectivity index is 1.69. The van der Waals surface area contributed by atoms with Crippen molar-refractivity contribution in [3.05, 3.63) is 77.3 Å². The Morgan fingerprint density at radius 2 is 1.89 bits per heavy atom. The molecule has 3 rings (SSSR count). The van der Waals surface area contributed by atoms with Crippen molar-refractivity contribution in [1.82, 2.24) is 9.55 Å². The number of nitrogens with zero attached hydrogens (tertiary/aromatic N) is 2. The van der Waals surface area contributed by atoms with Gasteiger partial charge in [-0.05, 0) is 43.3 Å². The number of carbonyl (C=O) groups excluding carboxylic acids is 1. The Hall–Kier alpha value is -3.06. The van der Waals surface area contributed by atoms with Gasteiger partial charge in [-0.1, -0.05) is 30.0 Å². The van der Waals surface area contributed by atoms with E-state index < -0.39 is 0 Å². The number of aromatic nitrogens is 2. The van der Waals surface area contributed by atoms with Crippen LogP contribution in [0.5, 0.6) is 5.75 Å². The van der Waals surface area contributed by atoms with Gasteiger partial charge >= 0.3 is 0 Å². The second kappa shape index (κ2) is 9.05. The van der Waals surface area contributed by atoms with Gasteiger partial charge in [-0.25, -0.2) is 4.98 Å². The van der Waals surface area contributed by atoms with Crippen molar-refractivity contribution in [3.63, 3.8) is 0 Å². The van der Waals surface area contributed by atoms with Crippen LogP contribution in [0, 0.1) is 0 Å². The topological polar surface area (TPSA) is 73.2 Å². The molecule has 0 unspecified atom stereocenters. The number of thioether (sulfide) groups is 1. The number of nitrogens with one attached hydrogen (secondary N) is 1. The first-order chi connectivity index (χ1) is 13.2. The lowest BCUT2D eigenvalue weighted by molar-refractivity contribution is -0.113. The molecule has 0 aliphatic carbocycles. The summed E-state index contributed by atoms with van der Waals surface area (Å²) in [5.41, 5.74) is 1.16. The van der Waals surface area contributed by atoms with Crippen molar-refractivity contribution >= 4 is 23.4 Å². The Bertz CT molecular complexity index is 956. The maximum absolute atomic E-state index is 12.7. The van der Waals surface area contributed by atoms with E-state index in [2.05, 4.69) is 10.3 Å². The number of carbonyl (C=O) groups is 1. The molecule has 27 heavy (non-hydrogen) atoms. The van der Waals surface area contributed by atoms with E-state index in [0.717, 1.165) is 23.2 Å². The molecule has 7 heteroatoms. The van der Waals surface area contributed by atoms with Gasteiger partial charge in [0, 0.05) is 23.8 Å². The van der Waals surface area contributed by atoms with E-state index in [1.165, 1.54) is 4.57 Å².